The molecule has 0 spiro atoms. The van der Waals surface area contributed by atoms with Crippen LogP contribution in [-0.4, -0.2) is 23.7 Å². The maximum absolute atomic E-state index is 13.8. The molecule has 0 bridgehead atoms. The number of anilines is 1. The Morgan fingerprint density at radius 1 is 1.06 bits per heavy atom. The second kappa shape index (κ2) is 9.75. The van der Waals surface area contributed by atoms with Gasteiger partial charge in [0.05, 0.1) is 23.0 Å². The lowest BCUT2D eigenvalue weighted by atomic mass is 10.0. The maximum Gasteiger partial charge on any atom is 0.281 e. The van der Waals surface area contributed by atoms with Crippen LogP contribution in [0.25, 0.3) is 21.0 Å². The van der Waals surface area contributed by atoms with Crippen LogP contribution < -0.4 is 9.75 Å². The third-order valence-corrected chi connectivity index (χ3v) is 6.73. The molecule has 5 aromatic rings. The van der Waals surface area contributed by atoms with E-state index in [4.69, 9.17) is 9.72 Å². The molecule has 0 saturated heterocycles. The Morgan fingerprint density at radius 3 is 2.68 bits per heavy atom. The number of ether oxygens (including phenoxy) is 1. The lowest BCUT2D eigenvalue weighted by Crippen LogP contribution is -2.25. The van der Waals surface area contributed by atoms with Gasteiger partial charge in [-0.15, -0.1) is 0 Å². The number of aromatic nitrogens is 1. The molecule has 168 valence electrons. The van der Waals surface area contributed by atoms with E-state index < -0.39 is 0 Å². The number of nitrogens with zero attached hydrogens (tertiary/aromatic N) is 3. The molecule has 34 heavy (non-hydrogen) atoms. The Bertz CT molecular complexity index is 1510. The lowest BCUT2D eigenvalue weighted by Gasteiger charge is -2.15. The predicted molar refractivity (Wildman–Crippen MR) is 143 cm³/mol. The van der Waals surface area contributed by atoms with Crippen molar-refractivity contribution >= 4 is 65.5 Å². The van der Waals surface area contributed by atoms with Gasteiger partial charge < -0.3 is 4.74 Å². The first-order valence-electron chi connectivity index (χ1n) is 10.8. The van der Waals surface area contributed by atoms with Gasteiger partial charge in [0, 0.05) is 10.0 Å². The summed E-state index contributed by atoms with van der Waals surface area (Å²) in [5, 5.41) is 8.36. The molecule has 1 amide bonds. The number of carbonyl (C=O) groups is 1. The molecule has 1 heterocycles. The van der Waals surface area contributed by atoms with Crippen LogP contribution in [0, 0.1) is 0 Å². The summed E-state index contributed by atoms with van der Waals surface area (Å²) in [6.07, 6.45) is 1.67. The summed E-state index contributed by atoms with van der Waals surface area (Å²) >= 11 is 4.93. The molecule has 0 unspecified atom stereocenters. The summed E-state index contributed by atoms with van der Waals surface area (Å²) in [7, 11) is 0. The average molecular weight is 530 g/mol. The van der Waals surface area contributed by atoms with Crippen molar-refractivity contribution in [2.75, 3.05) is 11.6 Å². The fourth-order valence-corrected chi connectivity index (χ4v) is 5.11. The lowest BCUT2D eigenvalue weighted by molar-refractivity contribution is 0.0989. The molecular formula is C27H20BrN3O2S. The van der Waals surface area contributed by atoms with Crippen molar-refractivity contribution < 1.29 is 9.53 Å². The Morgan fingerprint density at radius 2 is 1.85 bits per heavy atom. The van der Waals surface area contributed by atoms with Gasteiger partial charge in [0.25, 0.3) is 5.91 Å². The number of benzene rings is 4. The van der Waals surface area contributed by atoms with Crippen LogP contribution in [0.1, 0.15) is 22.8 Å². The average Bonchev–Trinajstić information content (AvgIpc) is 3.27. The molecule has 4 aromatic carbocycles. The first kappa shape index (κ1) is 22.3. The quantitative estimate of drug-likeness (QED) is 0.171. The highest BCUT2D eigenvalue weighted by Crippen LogP contribution is 2.32. The molecule has 0 fully saturated rings. The number of hydrazone groups is 1. The van der Waals surface area contributed by atoms with E-state index in [1.807, 2.05) is 91.9 Å². The summed E-state index contributed by atoms with van der Waals surface area (Å²) in [5.41, 5.74) is 2.24. The normalized spacial score (nSPS) is 11.4. The zero-order valence-corrected chi connectivity index (χ0v) is 20.7. The van der Waals surface area contributed by atoms with Gasteiger partial charge in [-0.05, 0) is 71.8 Å². The van der Waals surface area contributed by atoms with Crippen molar-refractivity contribution in [2.24, 2.45) is 5.10 Å². The van der Waals surface area contributed by atoms with E-state index in [2.05, 4.69) is 21.0 Å². The molecule has 1 aromatic heterocycles. The van der Waals surface area contributed by atoms with Crippen molar-refractivity contribution in [3.8, 4) is 5.75 Å². The molecule has 0 saturated carbocycles. The molecule has 0 N–H and O–H groups in total. The SMILES string of the molecule is CCOc1ccc(/C=N/N(C(=O)c2cccc3ccccc23)c2nc3ccc(Br)cc3s2)cc1. The molecule has 0 aliphatic carbocycles. The van der Waals surface area contributed by atoms with E-state index in [1.54, 1.807) is 6.21 Å². The number of fused-ring (bicyclic) bond motifs is 2. The molecule has 0 atom stereocenters. The largest absolute Gasteiger partial charge is 0.494 e. The van der Waals surface area contributed by atoms with Gasteiger partial charge in [-0.1, -0.05) is 63.7 Å². The minimum atomic E-state index is -0.239. The van der Waals surface area contributed by atoms with Crippen LogP contribution in [-0.2, 0) is 0 Å². The molecule has 7 heteroatoms. The summed E-state index contributed by atoms with van der Waals surface area (Å²) in [6.45, 7) is 2.55. The number of hydrogen-bond donors (Lipinski definition) is 0. The van der Waals surface area contributed by atoms with Gasteiger partial charge in [0.1, 0.15) is 5.75 Å². The Hall–Kier alpha value is -3.55. The number of amides is 1. The van der Waals surface area contributed by atoms with Crippen LogP contribution in [0.2, 0.25) is 0 Å². The summed E-state index contributed by atoms with van der Waals surface area (Å²) < 4.78 is 7.44. The highest BCUT2D eigenvalue weighted by atomic mass is 79.9. The monoisotopic (exact) mass is 529 g/mol. The smallest absolute Gasteiger partial charge is 0.281 e. The van der Waals surface area contributed by atoms with E-state index in [0.29, 0.717) is 17.3 Å². The minimum absolute atomic E-state index is 0.239. The third-order valence-electron chi connectivity index (χ3n) is 5.25. The standard InChI is InChI=1S/C27H20BrN3O2S/c1-2-33-21-13-10-18(11-14-21)17-29-31(27-30-24-15-12-20(28)16-25(24)34-27)26(32)23-9-5-7-19-6-3-4-8-22(19)23/h3-17H,2H2,1H3/b29-17+. The van der Waals surface area contributed by atoms with Crippen molar-refractivity contribution in [3.05, 3.63) is 101 Å². The summed E-state index contributed by atoms with van der Waals surface area (Å²) in [6, 6.07) is 27.0. The number of rotatable bonds is 6. The highest BCUT2D eigenvalue weighted by Gasteiger charge is 2.22. The van der Waals surface area contributed by atoms with Gasteiger partial charge in [0.2, 0.25) is 5.13 Å². The third kappa shape index (κ3) is 4.58. The Balaban J connectivity index is 1.57. The number of thiazole rings is 1. The number of carbonyl (C=O) groups excluding carboxylic acids is 1. The predicted octanol–water partition coefficient (Wildman–Crippen LogP) is 7.29. The van der Waals surface area contributed by atoms with Crippen molar-refractivity contribution in [2.45, 2.75) is 6.92 Å². The minimum Gasteiger partial charge on any atom is -0.494 e. The molecule has 5 rings (SSSR count). The van der Waals surface area contributed by atoms with Crippen molar-refractivity contribution in [3.63, 3.8) is 0 Å². The van der Waals surface area contributed by atoms with E-state index in [1.165, 1.54) is 16.3 Å². The van der Waals surface area contributed by atoms with Crippen LogP contribution in [0.5, 0.6) is 5.75 Å². The van der Waals surface area contributed by atoms with E-state index in [-0.39, 0.29) is 5.91 Å². The van der Waals surface area contributed by atoms with Gasteiger partial charge >= 0.3 is 0 Å². The van der Waals surface area contributed by atoms with Crippen molar-refractivity contribution in [1.29, 1.82) is 0 Å². The summed E-state index contributed by atoms with van der Waals surface area (Å²) in [4.78, 5) is 18.5. The zero-order valence-electron chi connectivity index (χ0n) is 18.3. The maximum atomic E-state index is 13.8. The molecule has 0 aliphatic rings. The van der Waals surface area contributed by atoms with Crippen molar-refractivity contribution in [1.82, 2.24) is 4.98 Å². The molecule has 0 aliphatic heterocycles. The molecule has 5 nitrogen and oxygen atoms in total. The number of halogens is 1. The first-order chi connectivity index (χ1) is 16.6. The van der Waals surface area contributed by atoms with Crippen LogP contribution >= 0.6 is 27.3 Å². The van der Waals surface area contributed by atoms with Crippen LogP contribution in [0.3, 0.4) is 0 Å². The number of hydrogen-bond acceptors (Lipinski definition) is 5. The second-order valence-corrected chi connectivity index (χ2v) is 9.42. The zero-order chi connectivity index (χ0) is 23.5. The Kier molecular flexibility index (Phi) is 6.38. The molecular weight excluding hydrogens is 510 g/mol. The summed E-state index contributed by atoms with van der Waals surface area (Å²) in [5.74, 6) is 0.553. The van der Waals surface area contributed by atoms with E-state index in [9.17, 15) is 4.79 Å². The fraction of sp³-hybridized carbons (Fsp3) is 0.0741. The van der Waals surface area contributed by atoms with Gasteiger partial charge in [-0.3, -0.25) is 4.79 Å². The topological polar surface area (TPSA) is 54.8 Å². The van der Waals surface area contributed by atoms with Crippen LogP contribution in [0.15, 0.2) is 94.5 Å². The second-order valence-electron chi connectivity index (χ2n) is 7.50. The van der Waals surface area contributed by atoms with Gasteiger partial charge in [0.15, 0.2) is 0 Å². The first-order valence-corrected chi connectivity index (χ1v) is 12.4. The van der Waals surface area contributed by atoms with Crippen LogP contribution in [0.4, 0.5) is 5.13 Å². The van der Waals surface area contributed by atoms with E-state index >= 15 is 0 Å². The van der Waals surface area contributed by atoms with Gasteiger partial charge in [-0.25, -0.2) is 4.98 Å². The van der Waals surface area contributed by atoms with Gasteiger partial charge in [-0.2, -0.15) is 10.1 Å². The Labute approximate surface area is 209 Å². The van der Waals surface area contributed by atoms with E-state index in [0.717, 1.165) is 36.8 Å². The highest BCUT2D eigenvalue weighted by molar-refractivity contribution is 9.10. The fourth-order valence-electron chi connectivity index (χ4n) is 3.63. The molecule has 0 radical (unpaired) electrons.